The molecule has 21 heavy (non-hydrogen) atoms. The molecule has 0 spiro atoms. The van der Waals surface area contributed by atoms with Gasteiger partial charge in [-0.3, -0.25) is 4.79 Å². The normalized spacial score (nSPS) is 25.2. The van der Waals surface area contributed by atoms with Crippen molar-refractivity contribution in [3.05, 3.63) is 35.4 Å². The number of carboxylic acids is 1. The van der Waals surface area contributed by atoms with Gasteiger partial charge in [0.1, 0.15) is 6.04 Å². The molecule has 2 atom stereocenters. The van der Waals surface area contributed by atoms with Crippen molar-refractivity contribution in [2.75, 3.05) is 13.2 Å². The molecule has 1 amide bonds. The van der Waals surface area contributed by atoms with E-state index in [0.29, 0.717) is 26.2 Å². The van der Waals surface area contributed by atoms with Crippen LogP contribution in [0.25, 0.3) is 0 Å². The summed E-state index contributed by atoms with van der Waals surface area (Å²) in [5.41, 5.74) is 2.06. The second-order valence-corrected chi connectivity index (χ2v) is 5.71. The third-order valence-corrected chi connectivity index (χ3v) is 4.33. The number of hydrogen-bond donors (Lipinski definition) is 1. The van der Waals surface area contributed by atoms with Crippen molar-refractivity contribution in [1.29, 1.82) is 0 Å². The van der Waals surface area contributed by atoms with Crippen LogP contribution in [0.3, 0.4) is 0 Å². The molecule has 0 radical (unpaired) electrons. The van der Waals surface area contributed by atoms with Crippen molar-refractivity contribution in [3.8, 4) is 0 Å². The van der Waals surface area contributed by atoms with E-state index in [1.807, 2.05) is 24.3 Å². The van der Waals surface area contributed by atoms with E-state index in [-0.39, 0.29) is 11.8 Å². The first-order valence-corrected chi connectivity index (χ1v) is 7.34. The number of rotatable bonds is 2. The summed E-state index contributed by atoms with van der Waals surface area (Å²) in [5.74, 6) is -1.22. The predicted molar refractivity (Wildman–Crippen MR) is 75.7 cm³/mol. The molecule has 1 aromatic carbocycles. The second kappa shape index (κ2) is 5.85. The third-order valence-electron chi connectivity index (χ3n) is 4.33. The molecule has 3 rings (SSSR count). The van der Waals surface area contributed by atoms with Crippen molar-refractivity contribution in [1.82, 2.24) is 4.90 Å². The lowest BCUT2D eigenvalue weighted by atomic mass is 9.91. The minimum atomic E-state index is -0.936. The fourth-order valence-electron chi connectivity index (χ4n) is 3.15. The molecular formula is C16H19NO4. The lowest BCUT2D eigenvalue weighted by Crippen LogP contribution is -2.51. The molecule has 0 aromatic heterocycles. The van der Waals surface area contributed by atoms with Gasteiger partial charge in [-0.15, -0.1) is 0 Å². The Morgan fingerprint density at radius 1 is 1.24 bits per heavy atom. The SMILES string of the molecule is O=C(O)[C@@H]1Cc2ccccc2CN1C(=O)[C@H]1CCCOC1. The largest absolute Gasteiger partial charge is 0.480 e. The Bertz CT molecular complexity index is 551. The zero-order chi connectivity index (χ0) is 14.8. The molecule has 2 aliphatic rings. The Kier molecular flexibility index (Phi) is 3.92. The highest BCUT2D eigenvalue weighted by Gasteiger charge is 2.37. The fourth-order valence-corrected chi connectivity index (χ4v) is 3.15. The lowest BCUT2D eigenvalue weighted by molar-refractivity contribution is -0.155. The topological polar surface area (TPSA) is 66.8 Å². The fraction of sp³-hybridized carbons (Fsp3) is 0.500. The van der Waals surface area contributed by atoms with Crippen molar-refractivity contribution in [3.63, 3.8) is 0 Å². The van der Waals surface area contributed by atoms with Gasteiger partial charge < -0.3 is 14.7 Å². The molecule has 112 valence electrons. The zero-order valence-electron chi connectivity index (χ0n) is 11.8. The van der Waals surface area contributed by atoms with Gasteiger partial charge in [-0.2, -0.15) is 0 Å². The molecule has 5 nitrogen and oxygen atoms in total. The van der Waals surface area contributed by atoms with Gasteiger partial charge in [0.2, 0.25) is 5.91 Å². The molecule has 0 saturated carbocycles. The number of carboxylic acid groups (broad SMARTS) is 1. The Hall–Kier alpha value is -1.88. The monoisotopic (exact) mass is 289 g/mol. The molecule has 0 bridgehead atoms. The average Bonchev–Trinajstić information content (AvgIpc) is 2.53. The average molecular weight is 289 g/mol. The molecule has 2 heterocycles. The number of aliphatic carboxylic acids is 1. The van der Waals surface area contributed by atoms with Crippen LogP contribution in [0.5, 0.6) is 0 Å². The second-order valence-electron chi connectivity index (χ2n) is 5.71. The van der Waals surface area contributed by atoms with Gasteiger partial charge in [0.05, 0.1) is 12.5 Å². The predicted octanol–water partition coefficient (Wildman–Crippen LogP) is 1.45. The van der Waals surface area contributed by atoms with Crippen molar-refractivity contribution in [2.45, 2.75) is 31.8 Å². The summed E-state index contributed by atoms with van der Waals surface area (Å²) < 4.78 is 5.36. The number of fused-ring (bicyclic) bond motifs is 1. The number of benzene rings is 1. The summed E-state index contributed by atoms with van der Waals surface area (Å²) in [6.07, 6.45) is 2.02. The molecule has 2 aliphatic heterocycles. The molecule has 0 aliphatic carbocycles. The number of carbonyl (C=O) groups is 2. The highest BCUT2D eigenvalue weighted by atomic mass is 16.5. The Morgan fingerprint density at radius 2 is 2.00 bits per heavy atom. The van der Waals surface area contributed by atoms with Crippen LogP contribution in [0.4, 0.5) is 0 Å². The number of nitrogens with zero attached hydrogens (tertiary/aromatic N) is 1. The van der Waals surface area contributed by atoms with Gasteiger partial charge in [-0.1, -0.05) is 24.3 Å². The maximum atomic E-state index is 12.7. The number of amides is 1. The Balaban J connectivity index is 1.85. The van der Waals surface area contributed by atoms with Gasteiger partial charge in [-0.05, 0) is 24.0 Å². The molecule has 5 heteroatoms. The Labute approximate surface area is 123 Å². The van der Waals surface area contributed by atoms with E-state index in [4.69, 9.17) is 4.74 Å². The van der Waals surface area contributed by atoms with E-state index < -0.39 is 12.0 Å². The van der Waals surface area contributed by atoms with Crippen LogP contribution < -0.4 is 0 Å². The number of hydrogen-bond acceptors (Lipinski definition) is 3. The van der Waals surface area contributed by atoms with Gasteiger partial charge in [0.15, 0.2) is 0 Å². The number of carbonyl (C=O) groups excluding carboxylic acids is 1. The van der Waals surface area contributed by atoms with E-state index in [1.165, 1.54) is 4.90 Å². The molecule has 1 aromatic rings. The van der Waals surface area contributed by atoms with Gasteiger partial charge >= 0.3 is 5.97 Å². The molecular weight excluding hydrogens is 270 g/mol. The van der Waals surface area contributed by atoms with Crippen LogP contribution in [-0.2, 0) is 27.3 Å². The molecule has 1 fully saturated rings. The third kappa shape index (κ3) is 2.78. The molecule has 1 saturated heterocycles. The summed E-state index contributed by atoms with van der Waals surface area (Å²) in [4.78, 5) is 25.7. The quantitative estimate of drug-likeness (QED) is 0.895. The highest BCUT2D eigenvalue weighted by Crippen LogP contribution is 2.27. The Morgan fingerprint density at radius 3 is 2.67 bits per heavy atom. The van der Waals surface area contributed by atoms with E-state index in [2.05, 4.69) is 0 Å². The first kappa shape index (κ1) is 14.1. The van der Waals surface area contributed by atoms with E-state index in [1.54, 1.807) is 0 Å². The standard InChI is InChI=1S/C16H19NO4/c18-15(13-6-3-7-21-10-13)17-9-12-5-2-1-4-11(12)8-14(17)16(19)20/h1-2,4-5,13-14H,3,6-10H2,(H,19,20)/t13-,14-/m0/s1. The highest BCUT2D eigenvalue weighted by molar-refractivity contribution is 5.86. The molecule has 0 unspecified atom stereocenters. The van der Waals surface area contributed by atoms with E-state index in [9.17, 15) is 14.7 Å². The minimum Gasteiger partial charge on any atom is -0.480 e. The maximum Gasteiger partial charge on any atom is 0.326 e. The van der Waals surface area contributed by atoms with Gasteiger partial charge in [0, 0.05) is 19.6 Å². The minimum absolute atomic E-state index is 0.0865. The summed E-state index contributed by atoms with van der Waals surface area (Å²) >= 11 is 0. The smallest absolute Gasteiger partial charge is 0.326 e. The van der Waals surface area contributed by atoms with Crippen LogP contribution in [0.1, 0.15) is 24.0 Å². The van der Waals surface area contributed by atoms with Crippen LogP contribution >= 0.6 is 0 Å². The zero-order valence-corrected chi connectivity index (χ0v) is 11.8. The summed E-state index contributed by atoms with van der Waals surface area (Å²) in [5, 5.41) is 9.46. The summed E-state index contributed by atoms with van der Waals surface area (Å²) in [6.45, 7) is 1.47. The van der Waals surface area contributed by atoms with Crippen molar-refractivity contribution < 1.29 is 19.4 Å². The van der Waals surface area contributed by atoms with Crippen molar-refractivity contribution >= 4 is 11.9 Å². The first-order chi connectivity index (χ1) is 10.2. The number of ether oxygens (including phenoxy) is 1. The lowest BCUT2D eigenvalue weighted by Gasteiger charge is -2.37. The summed E-state index contributed by atoms with van der Waals surface area (Å²) in [7, 11) is 0. The first-order valence-electron chi connectivity index (χ1n) is 7.34. The van der Waals surface area contributed by atoms with Crippen LogP contribution in [0.2, 0.25) is 0 Å². The van der Waals surface area contributed by atoms with Gasteiger partial charge in [0.25, 0.3) is 0 Å². The molecule has 1 N–H and O–H groups in total. The van der Waals surface area contributed by atoms with Crippen LogP contribution in [0, 0.1) is 5.92 Å². The van der Waals surface area contributed by atoms with E-state index in [0.717, 1.165) is 24.0 Å². The van der Waals surface area contributed by atoms with Gasteiger partial charge in [-0.25, -0.2) is 4.79 Å². The maximum absolute atomic E-state index is 12.7. The van der Waals surface area contributed by atoms with Crippen LogP contribution in [0.15, 0.2) is 24.3 Å². The van der Waals surface area contributed by atoms with Crippen molar-refractivity contribution in [2.24, 2.45) is 5.92 Å². The van der Waals surface area contributed by atoms with E-state index >= 15 is 0 Å². The van der Waals surface area contributed by atoms with Crippen LogP contribution in [-0.4, -0.2) is 41.1 Å². The summed E-state index contributed by atoms with van der Waals surface area (Å²) in [6, 6.07) is 6.97.